The first-order valence-corrected chi connectivity index (χ1v) is 12.0. The van der Waals surface area contributed by atoms with E-state index in [4.69, 9.17) is 0 Å². The van der Waals surface area contributed by atoms with Crippen molar-refractivity contribution in [1.82, 2.24) is 0 Å². The summed E-state index contributed by atoms with van der Waals surface area (Å²) in [6.45, 7) is 4.98. The fraction of sp³-hybridized carbons (Fsp3) is 0.200. The summed E-state index contributed by atoms with van der Waals surface area (Å²) in [6.07, 6.45) is 7.27. The van der Waals surface area contributed by atoms with E-state index in [2.05, 4.69) is 74.0 Å². The standard InChI is InChI=1S/C20H20P2/c1-21(19-11-15-7-3-4-8-16(15)12-19)22(2)20-13-17-9-5-6-10-18(17)14-20/h3-11,13H,12,14H2,1-2H3. The van der Waals surface area contributed by atoms with Gasteiger partial charge in [-0.15, -0.1) is 0 Å². The topological polar surface area (TPSA) is 0 Å². The Bertz CT molecular complexity index is 718. The summed E-state index contributed by atoms with van der Waals surface area (Å²) >= 11 is 0. The Morgan fingerprint density at radius 2 is 1.05 bits per heavy atom. The molecule has 110 valence electrons. The SMILES string of the molecule is CP(C1=Cc2ccccc2C1)P(C)C1=Cc2ccccc2C1. The summed E-state index contributed by atoms with van der Waals surface area (Å²) in [5.74, 6) is 0. The van der Waals surface area contributed by atoms with Crippen molar-refractivity contribution in [3.05, 3.63) is 81.4 Å². The molecule has 0 spiro atoms. The predicted molar refractivity (Wildman–Crippen MR) is 102 cm³/mol. The molecule has 0 bridgehead atoms. The van der Waals surface area contributed by atoms with E-state index in [1.165, 1.54) is 35.1 Å². The van der Waals surface area contributed by atoms with Crippen molar-refractivity contribution in [2.45, 2.75) is 12.8 Å². The summed E-state index contributed by atoms with van der Waals surface area (Å²) in [6, 6.07) is 17.7. The first kappa shape index (κ1) is 14.4. The lowest BCUT2D eigenvalue weighted by molar-refractivity contribution is 1.28. The monoisotopic (exact) mass is 322 g/mol. The maximum atomic E-state index is 2.49. The van der Waals surface area contributed by atoms with Crippen LogP contribution < -0.4 is 0 Å². The van der Waals surface area contributed by atoms with Crippen LogP contribution in [-0.2, 0) is 12.8 Å². The minimum absolute atomic E-state index is 0.0452. The van der Waals surface area contributed by atoms with E-state index >= 15 is 0 Å². The molecule has 2 aromatic rings. The molecule has 2 aliphatic carbocycles. The fourth-order valence-corrected chi connectivity index (χ4v) is 8.63. The van der Waals surface area contributed by atoms with Crippen molar-refractivity contribution in [3.63, 3.8) is 0 Å². The highest BCUT2D eigenvalue weighted by Crippen LogP contribution is 2.75. The van der Waals surface area contributed by atoms with Gasteiger partial charge >= 0.3 is 0 Å². The largest absolute Gasteiger partial charge is 0.0619 e. The van der Waals surface area contributed by atoms with Crippen LogP contribution in [0.15, 0.2) is 59.2 Å². The van der Waals surface area contributed by atoms with Gasteiger partial charge in [-0.05, 0) is 59.1 Å². The Kier molecular flexibility index (Phi) is 3.77. The van der Waals surface area contributed by atoms with Gasteiger partial charge in [0.25, 0.3) is 0 Å². The lowest BCUT2D eigenvalue weighted by atomic mass is 10.1. The zero-order valence-corrected chi connectivity index (χ0v) is 14.9. The van der Waals surface area contributed by atoms with Crippen LogP contribution in [0.2, 0.25) is 0 Å². The summed E-state index contributed by atoms with van der Waals surface area (Å²) in [5.41, 5.74) is 5.91. The Morgan fingerprint density at radius 3 is 1.45 bits per heavy atom. The van der Waals surface area contributed by atoms with Crippen LogP contribution in [0.1, 0.15) is 22.3 Å². The number of hydrogen-bond donors (Lipinski definition) is 0. The van der Waals surface area contributed by atoms with E-state index in [-0.39, 0.29) is 15.2 Å². The van der Waals surface area contributed by atoms with Gasteiger partial charge in [0, 0.05) is 0 Å². The van der Waals surface area contributed by atoms with Crippen molar-refractivity contribution in [2.75, 3.05) is 13.3 Å². The average Bonchev–Trinajstić information content (AvgIpc) is 3.16. The number of rotatable bonds is 3. The van der Waals surface area contributed by atoms with Crippen LogP contribution in [0, 0.1) is 0 Å². The molecule has 0 heterocycles. The fourth-order valence-electron chi connectivity index (χ4n) is 3.32. The number of allylic oxidation sites excluding steroid dienone is 2. The summed E-state index contributed by atoms with van der Waals surface area (Å²) in [4.78, 5) is 0. The molecule has 0 radical (unpaired) electrons. The molecule has 2 heteroatoms. The van der Waals surface area contributed by atoms with E-state index in [1.54, 1.807) is 10.6 Å². The third-order valence-corrected chi connectivity index (χ3v) is 12.2. The Morgan fingerprint density at radius 1 is 0.636 bits per heavy atom. The summed E-state index contributed by atoms with van der Waals surface area (Å²) < 4.78 is 0. The maximum absolute atomic E-state index is 2.49. The molecule has 2 unspecified atom stereocenters. The molecule has 0 saturated heterocycles. The highest BCUT2D eigenvalue weighted by molar-refractivity contribution is 8.32. The number of fused-ring (bicyclic) bond motifs is 2. The zero-order valence-electron chi connectivity index (χ0n) is 13.1. The lowest BCUT2D eigenvalue weighted by Gasteiger charge is -2.23. The second kappa shape index (κ2) is 5.77. The number of benzene rings is 2. The van der Waals surface area contributed by atoms with Crippen LogP contribution in [0.4, 0.5) is 0 Å². The van der Waals surface area contributed by atoms with Gasteiger partial charge in [0.05, 0.1) is 0 Å². The third-order valence-electron chi connectivity index (χ3n) is 4.78. The molecule has 0 saturated carbocycles. The third kappa shape index (κ3) is 2.50. The molecule has 2 aromatic carbocycles. The van der Waals surface area contributed by atoms with Gasteiger partial charge in [0.1, 0.15) is 0 Å². The molecule has 0 aliphatic heterocycles. The van der Waals surface area contributed by atoms with Crippen LogP contribution >= 0.6 is 15.2 Å². The molecule has 0 amide bonds. The van der Waals surface area contributed by atoms with E-state index in [0.717, 1.165) is 0 Å². The number of hydrogen-bond acceptors (Lipinski definition) is 0. The smallest absolute Gasteiger partial charge is 0.00118 e. The molecule has 4 rings (SSSR count). The molecule has 0 aromatic heterocycles. The molecule has 2 aliphatic rings. The van der Waals surface area contributed by atoms with E-state index < -0.39 is 0 Å². The van der Waals surface area contributed by atoms with Crippen molar-refractivity contribution in [3.8, 4) is 0 Å². The lowest BCUT2D eigenvalue weighted by Crippen LogP contribution is -1.86. The Labute approximate surface area is 135 Å². The minimum atomic E-state index is -0.0452. The second-order valence-corrected chi connectivity index (χ2v) is 12.9. The molecule has 0 fully saturated rings. The maximum Gasteiger partial charge on any atom is -0.00118 e. The van der Waals surface area contributed by atoms with Gasteiger partial charge in [0.2, 0.25) is 0 Å². The highest BCUT2D eigenvalue weighted by atomic mass is 32.1. The van der Waals surface area contributed by atoms with E-state index in [0.29, 0.717) is 0 Å². The zero-order chi connectivity index (χ0) is 15.1. The van der Waals surface area contributed by atoms with Crippen LogP contribution in [0.3, 0.4) is 0 Å². The van der Waals surface area contributed by atoms with Gasteiger partial charge in [-0.1, -0.05) is 75.9 Å². The Balaban J connectivity index is 1.54. The molecule has 0 N–H and O–H groups in total. The first-order valence-electron chi connectivity index (χ1n) is 7.77. The van der Waals surface area contributed by atoms with Crippen LogP contribution in [0.25, 0.3) is 12.2 Å². The summed E-state index contributed by atoms with van der Waals surface area (Å²) in [7, 11) is -0.0904. The van der Waals surface area contributed by atoms with Crippen molar-refractivity contribution in [2.24, 2.45) is 0 Å². The van der Waals surface area contributed by atoms with E-state index in [1.807, 2.05) is 0 Å². The molecule has 2 atom stereocenters. The minimum Gasteiger partial charge on any atom is -0.0619 e. The van der Waals surface area contributed by atoms with Crippen molar-refractivity contribution >= 4 is 27.4 Å². The highest BCUT2D eigenvalue weighted by Gasteiger charge is 2.25. The van der Waals surface area contributed by atoms with E-state index in [9.17, 15) is 0 Å². The van der Waals surface area contributed by atoms with Gasteiger partial charge in [-0.3, -0.25) is 0 Å². The van der Waals surface area contributed by atoms with Crippen LogP contribution in [0.5, 0.6) is 0 Å². The van der Waals surface area contributed by atoms with Gasteiger partial charge < -0.3 is 0 Å². The van der Waals surface area contributed by atoms with Gasteiger partial charge in [0.15, 0.2) is 0 Å². The molecular weight excluding hydrogens is 302 g/mol. The Hall–Kier alpha value is -1.22. The molecule has 0 nitrogen and oxygen atoms in total. The average molecular weight is 322 g/mol. The quantitative estimate of drug-likeness (QED) is 0.580. The first-order chi connectivity index (χ1) is 10.7. The van der Waals surface area contributed by atoms with Crippen molar-refractivity contribution < 1.29 is 0 Å². The van der Waals surface area contributed by atoms with Gasteiger partial charge in [-0.25, -0.2) is 0 Å². The molecule has 22 heavy (non-hydrogen) atoms. The normalized spacial score (nSPS) is 18.3. The van der Waals surface area contributed by atoms with Crippen LogP contribution in [-0.4, -0.2) is 13.3 Å². The predicted octanol–water partition coefficient (Wildman–Crippen LogP) is 6.32. The molecular formula is C20H20P2. The van der Waals surface area contributed by atoms with Gasteiger partial charge in [-0.2, -0.15) is 0 Å². The summed E-state index contributed by atoms with van der Waals surface area (Å²) in [5, 5.41) is 3.36. The second-order valence-electron chi connectivity index (χ2n) is 6.07. The van der Waals surface area contributed by atoms with Crippen molar-refractivity contribution in [1.29, 1.82) is 0 Å².